The van der Waals surface area contributed by atoms with Crippen molar-refractivity contribution in [3.63, 3.8) is 0 Å². The molecule has 0 unspecified atom stereocenters. The molecule has 7 nitrogen and oxygen atoms in total. The molecule has 1 N–H and O–H groups in total. The Bertz CT molecular complexity index is 1360. The number of nitrogens with zero attached hydrogens (tertiary/aromatic N) is 5. The molecule has 2 aromatic heterocycles. The normalized spacial score (nSPS) is 14.5. The minimum absolute atomic E-state index is 0.0504. The van der Waals surface area contributed by atoms with Crippen molar-refractivity contribution < 1.29 is 4.79 Å². The number of hydrogen-bond acceptors (Lipinski definition) is 5. The number of halogens is 1. The first-order valence-electron chi connectivity index (χ1n) is 11.5. The van der Waals surface area contributed by atoms with Crippen molar-refractivity contribution in [2.45, 2.75) is 33.6 Å². The number of piperidine rings is 1. The van der Waals surface area contributed by atoms with Gasteiger partial charge in [0, 0.05) is 29.7 Å². The number of benzene rings is 2. The van der Waals surface area contributed by atoms with Crippen LogP contribution in [0.1, 0.15) is 29.8 Å². The van der Waals surface area contributed by atoms with E-state index < -0.39 is 0 Å². The molecule has 0 aliphatic carbocycles. The van der Waals surface area contributed by atoms with E-state index in [1.54, 1.807) is 6.07 Å². The molecule has 174 valence electrons. The second-order valence-electron chi connectivity index (χ2n) is 8.88. The van der Waals surface area contributed by atoms with Crippen LogP contribution in [0, 0.1) is 26.7 Å². The molecule has 8 heteroatoms. The van der Waals surface area contributed by atoms with Crippen LogP contribution in [0.25, 0.3) is 16.6 Å². The average Bonchev–Trinajstić information content (AvgIpc) is 3.20. The van der Waals surface area contributed by atoms with Gasteiger partial charge in [0.25, 0.3) is 0 Å². The lowest BCUT2D eigenvalue weighted by atomic mass is 9.95. The average molecular weight is 475 g/mol. The van der Waals surface area contributed by atoms with E-state index in [2.05, 4.69) is 27.3 Å². The molecule has 0 saturated carbocycles. The molecule has 0 spiro atoms. The Balaban J connectivity index is 1.36. The number of anilines is 2. The Labute approximate surface area is 203 Å². The van der Waals surface area contributed by atoms with E-state index in [9.17, 15) is 4.79 Å². The second kappa shape index (κ2) is 9.06. The van der Waals surface area contributed by atoms with Crippen molar-refractivity contribution in [3.8, 4) is 5.69 Å². The number of hydrogen-bond donors (Lipinski definition) is 1. The van der Waals surface area contributed by atoms with Crippen LogP contribution in [-0.2, 0) is 4.79 Å². The monoisotopic (exact) mass is 474 g/mol. The predicted molar refractivity (Wildman–Crippen MR) is 136 cm³/mol. The van der Waals surface area contributed by atoms with Crippen LogP contribution in [0.5, 0.6) is 0 Å². The second-order valence-corrected chi connectivity index (χ2v) is 9.31. The van der Waals surface area contributed by atoms with Gasteiger partial charge in [-0.1, -0.05) is 29.8 Å². The number of carbonyl (C=O) groups excluding carboxylic acids is 1. The largest absolute Gasteiger partial charge is 0.353 e. The number of nitrogens with one attached hydrogen (secondary N) is 1. The summed E-state index contributed by atoms with van der Waals surface area (Å²) in [5.74, 6) is 0.782. The van der Waals surface area contributed by atoms with Gasteiger partial charge in [-0.2, -0.15) is 10.2 Å². The van der Waals surface area contributed by atoms with Crippen molar-refractivity contribution in [3.05, 3.63) is 70.5 Å². The first-order chi connectivity index (χ1) is 16.4. The van der Waals surface area contributed by atoms with Crippen LogP contribution >= 0.6 is 11.6 Å². The minimum atomic E-state index is -0.0520. The highest BCUT2D eigenvalue weighted by atomic mass is 35.5. The first-order valence-corrected chi connectivity index (χ1v) is 11.9. The molecule has 0 atom stereocenters. The van der Waals surface area contributed by atoms with Gasteiger partial charge in [0.05, 0.1) is 22.5 Å². The molecule has 1 aliphatic heterocycles. The number of aryl methyl sites for hydroxylation is 3. The highest BCUT2D eigenvalue weighted by molar-refractivity contribution is 6.30. The Morgan fingerprint density at radius 3 is 2.47 bits per heavy atom. The summed E-state index contributed by atoms with van der Waals surface area (Å²) in [6.45, 7) is 7.43. The van der Waals surface area contributed by atoms with Crippen LogP contribution < -0.4 is 10.2 Å². The highest BCUT2D eigenvalue weighted by Gasteiger charge is 2.28. The van der Waals surface area contributed by atoms with Gasteiger partial charge in [0.15, 0.2) is 5.82 Å². The van der Waals surface area contributed by atoms with E-state index in [1.807, 2.05) is 61.0 Å². The van der Waals surface area contributed by atoms with Gasteiger partial charge in [-0.3, -0.25) is 4.79 Å². The summed E-state index contributed by atoms with van der Waals surface area (Å²) >= 11 is 6.04. The van der Waals surface area contributed by atoms with E-state index in [0.29, 0.717) is 5.02 Å². The van der Waals surface area contributed by atoms with Gasteiger partial charge in [0.2, 0.25) is 5.91 Å². The van der Waals surface area contributed by atoms with Crippen LogP contribution in [0.15, 0.2) is 48.5 Å². The maximum absolute atomic E-state index is 12.9. The van der Waals surface area contributed by atoms with E-state index in [0.717, 1.165) is 71.0 Å². The van der Waals surface area contributed by atoms with E-state index in [-0.39, 0.29) is 11.8 Å². The molecule has 2 aromatic carbocycles. The van der Waals surface area contributed by atoms with Crippen LogP contribution in [0.3, 0.4) is 0 Å². The van der Waals surface area contributed by atoms with Gasteiger partial charge in [-0.15, -0.1) is 5.10 Å². The zero-order chi connectivity index (χ0) is 23.8. The number of fused-ring (bicyclic) bond motifs is 1. The topological polar surface area (TPSA) is 75.9 Å². The van der Waals surface area contributed by atoms with Crippen molar-refractivity contribution in [2.75, 3.05) is 23.3 Å². The van der Waals surface area contributed by atoms with Gasteiger partial charge in [-0.25, -0.2) is 4.68 Å². The maximum atomic E-state index is 12.9. The summed E-state index contributed by atoms with van der Waals surface area (Å²) in [7, 11) is 0. The Kier molecular flexibility index (Phi) is 5.96. The smallest absolute Gasteiger partial charge is 0.227 e. The molecule has 5 rings (SSSR count). The maximum Gasteiger partial charge on any atom is 0.227 e. The van der Waals surface area contributed by atoms with Crippen molar-refractivity contribution >= 4 is 39.9 Å². The molecule has 1 amide bonds. The molecular formula is C26H27ClN6O. The van der Waals surface area contributed by atoms with Crippen molar-refractivity contribution in [1.29, 1.82) is 0 Å². The lowest BCUT2D eigenvalue weighted by Gasteiger charge is -2.32. The molecule has 1 saturated heterocycles. The molecular weight excluding hydrogens is 448 g/mol. The SMILES string of the molecule is Cc1cc(Cl)ccc1NC(=O)C1CCN(c2nnc(C)c3c(C)n(-c4ccccc4)nc23)CC1. The summed E-state index contributed by atoms with van der Waals surface area (Å²) in [4.78, 5) is 15.1. The molecule has 3 heterocycles. The molecule has 1 aliphatic rings. The zero-order valence-corrected chi connectivity index (χ0v) is 20.3. The fraction of sp³-hybridized carbons (Fsp3) is 0.308. The molecule has 1 fully saturated rings. The standard InChI is InChI=1S/C26H27ClN6O/c1-16-15-20(27)9-10-22(16)28-26(34)19-11-13-32(14-12-19)25-24-23(17(2)29-30-25)18(3)33(31-24)21-7-5-4-6-8-21/h4-10,15,19H,11-14H2,1-3H3,(H,28,34). The highest BCUT2D eigenvalue weighted by Crippen LogP contribution is 2.32. The van der Waals surface area contributed by atoms with E-state index in [4.69, 9.17) is 16.7 Å². The lowest BCUT2D eigenvalue weighted by Crippen LogP contribution is -2.39. The van der Waals surface area contributed by atoms with Crippen molar-refractivity contribution in [2.24, 2.45) is 5.92 Å². The fourth-order valence-electron chi connectivity index (χ4n) is 4.70. The third-order valence-corrected chi connectivity index (χ3v) is 6.83. The van der Waals surface area contributed by atoms with Crippen LogP contribution in [-0.4, -0.2) is 39.0 Å². The lowest BCUT2D eigenvalue weighted by molar-refractivity contribution is -0.120. The number of carbonyl (C=O) groups is 1. The van der Waals surface area contributed by atoms with Crippen LogP contribution in [0.2, 0.25) is 5.02 Å². The number of para-hydroxylation sites is 1. The Hall–Kier alpha value is -3.45. The summed E-state index contributed by atoms with van der Waals surface area (Å²) in [6.07, 6.45) is 1.49. The summed E-state index contributed by atoms with van der Waals surface area (Å²) in [6, 6.07) is 15.6. The number of amides is 1. The van der Waals surface area contributed by atoms with Crippen molar-refractivity contribution in [1.82, 2.24) is 20.0 Å². The van der Waals surface area contributed by atoms with E-state index in [1.165, 1.54) is 0 Å². The van der Waals surface area contributed by atoms with Gasteiger partial charge < -0.3 is 10.2 Å². The predicted octanol–water partition coefficient (Wildman–Crippen LogP) is 5.25. The fourth-order valence-corrected chi connectivity index (χ4v) is 4.93. The first kappa shape index (κ1) is 22.3. The Morgan fingerprint density at radius 1 is 1.03 bits per heavy atom. The zero-order valence-electron chi connectivity index (χ0n) is 19.5. The molecule has 0 radical (unpaired) electrons. The quantitative estimate of drug-likeness (QED) is 0.437. The number of aromatic nitrogens is 4. The summed E-state index contributed by atoms with van der Waals surface area (Å²) in [5, 5.41) is 18.7. The third-order valence-electron chi connectivity index (χ3n) is 6.60. The van der Waals surface area contributed by atoms with Crippen LogP contribution in [0.4, 0.5) is 11.5 Å². The van der Waals surface area contributed by atoms with Gasteiger partial charge in [0.1, 0.15) is 5.52 Å². The summed E-state index contributed by atoms with van der Waals surface area (Å²) in [5.41, 5.74) is 5.54. The van der Waals surface area contributed by atoms with Gasteiger partial charge >= 0.3 is 0 Å². The molecule has 34 heavy (non-hydrogen) atoms. The molecule has 4 aromatic rings. The van der Waals surface area contributed by atoms with E-state index >= 15 is 0 Å². The third kappa shape index (κ3) is 4.12. The summed E-state index contributed by atoms with van der Waals surface area (Å²) < 4.78 is 1.96. The number of rotatable bonds is 4. The van der Waals surface area contributed by atoms with Gasteiger partial charge in [-0.05, 0) is 69.5 Å². The Morgan fingerprint density at radius 2 is 1.76 bits per heavy atom. The molecule has 0 bridgehead atoms. The minimum Gasteiger partial charge on any atom is -0.353 e.